The van der Waals surface area contributed by atoms with Crippen molar-refractivity contribution >= 4 is 45.0 Å². The maximum Gasteiger partial charge on any atom is 0.306 e. The van der Waals surface area contributed by atoms with Crippen LogP contribution in [0.3, 0.4) is 0 Å². The lowest BCUT2D eigenvalue weighted by molar-refractivity contribution is -0.143. The minimum atomic E-state index is -0.193. The second-order valence-corrected chi connectivity index (χ2v) is 8.91. The summed E-state index contributed by atoms with van der Waals surface area (Å²) in [5.41, 5.74) is 2.73. The van der Waals surface area contributed by atoms with Crippen LogP contribution in [0.2, 0.25) is 0 Å². The second-order valence-electron chi connectivity index (χ2n) is 7.99. The fourth-order valence-corrected chi connectivity index (χ4v) is 3.43. The molecule has 1 heterocycles. The first-order chi connectivity index (χ1) is 14.3. The molecule has 0 saturated carbocycles. The summed E-state index contributed by atoms with van der Waals surface area (Å²) in [4.78, 5) is 16.2. The Morgan fingerprint density at radius 2 is 1.90 bits per heavy atom. The van der Waals surface area contributed by atoms with E-state index < -0.39 is 0 Å². The van der Waals surface area contributed by atoms with E-state index in [1.165, 1.54) is 7.11 Å². The van der Waals surface area contributed by atoms with Crippen LogP contribution >= 0.6 is 15.9 Å². The molecule has 3 rings (SSSR count). The molecule has 0 bridgehead atoms. The number of rotatable bonds is 8. The van der Waals surface area contributed by atoms with Crippen LogP contribution in [0.1, 0.15) is 37.9 Å². The molecule has 0 unspecified atom stereocenters. The molecule has 30 heavy (non-hydrogen) atoms. The number of hydrogen-bond donors (Lipinski definition) is 0. The van der Waals surface area contributed by atoms with Gasteiger partial charge in [0.15, 0.2) is 0 Å². The van der Waals surface area contributed by atoms with Gasteiger partial charge in [-0.2, -0.15) is 0 Å². The minimum absolute atomic E-state index is 0.165. The summed E-state index contributed by atoms with van der Waals surface area (Å²) in [5.74, 6) is 0.614. The molecule has 3 aromatic rings. The van der Waals surface area contributed by atoms with Crippen molar-refractivity contribution in [2.24, 2.45) is 5.41 Å². The molecule has 0 atom stereocenters. The Labute approximate surface area is 186 Å². The molecular formula is C25H26BrNO3. The third kappa shape index (κ3) is 6.42. The molecular weight excluding hydrogens is 442 g/mol. The van der Waals surface area contributed by atoms with Gasteiger partial charge >= 0.3 is 5.97 Å². The normalized spacial score (nSPS) is 11.7. The highest BCUT2D eigenvalue weighted by Crippen LogP contribution is 2.26. The van der Waals surface area contributed by atoms with E-state index in [9.17, 15) is 4.79 Å². The Bertz CT molecular complexity index is 1060. The van der Waals surface area contributed by atoms with Gasteiger partial charge in [-0.1, -0.05) is 60.1 Å². The van der Waals surface area contributed by atoms with Gasteiger partial charge in [-0.3, -0.25) is 4.79 Å². The van der Waals surface area contributed by atoms with Crippen molar-refractivity contribution in [1.29, 1.82) is 0 Å². The Hall–Kier alpha value is -2.66. The van der Waals surface area contributed by atoms with Gasteiger partial charge in [-0.15, -0.1) is 0 Å². The van der Waals surface area contributed by atoms with Gasteiger partial charge in [0.1, 0.15) is 5.75 Å². The summed E-state index contributed by atoms with van der Waals surface area (Å²) < 4.78 is 11.7. The molecule has 0 fully saturated rings. The van der Waals surface area contributed by atoms with E-state index in [0.29, 0.717) is 13.0 Å². The molecule has 156 valence electrons. The fraction of sp³-hybridized carbons (Fsp3) is 0.280. The lowest BCUT2D eigenvalue weighted by atomic mass is 9.86. The quantitative estimate of drug-likeness (QED) is 0.353. The Balaban J connectivity index is 1.62. The third-order valence-electron chi connectivity index (χ3n) is 4.88. The van der Waals surface area contributed by atoms with Gasteiger partial charge in [0, 0.05) is 9.86 Å². The van der Waals surface area contributed by atoms with Crippen LogP contribution < -0.4 is 4.74 Å². The lowest BCUT2D eigenvalue weighted by Gasteiger charge is -2.23. The number of methoxy groups -OCH3 is 1. The van der Waals surface area contributed by atoms with E-state index in [0.717, 1.165) is 38.8 Å². The third-order valence-corrected chi connectivity index (χ3v) is 5.37. The number of benzene rings is 2. The van der Waals surface area contributed by atoms with E-state index in [1.807, 2.05) is 74.5 Å². The zero-order valence-electron chi connectivity index (χ0n) is 17.5. The summed E-state index contributed by atoms with van der Waals surface area (Å²) in [6.45, 7) is 4.63. The van der Waals surface area contributed by atoms with Gasteiger partial charge < -0.3 is 9.47 Å². The average Bonchev–Trinajstić information content (AvgIpc) is 2.71. The van der Waals surface area contributed by atoms with E-state index in [4.69, 9.17) is 14.5 Å². The van der Waals surface area contributed by atoms with Gasteiger partial charge in [0.25, 0.3) is 0 Å². The highest BCUT2D eigenvalue weighted by molar-refractivity contribution is 9.10. The van der Waals surface area contributed by atoms with Crippen LogP contribution in [0.25, 0.3) is 23.1 Å². The molecule has 0 spiro atoms. The molecule has 0 saturated heterocycles. The number of esters is 1. The largest absolute Gasteiger partial charge is 0.494 e. The van der Waals surface area contributed by atoms with Crippen molar-refractivity contribution in [3.8, 4) is 5.75 Å². The zero-order chi connectivity index (χ0) is 21.6. The minimum Gasteiger partial charge on any atom is -0.494 e. The summed E-state index contributed by atoms with van der Waals surface area (Å²) >= 11 is 3.49. The summed E-state index contributed by atoms with van der Waals surface area (Å²) in [7, 11) is 1.42. The zero-order valence-corrected chi connectivity index (χ0v) is 19.1. The molecule has 0 radical (unpaired) electrons. The Morgan fingerprint density at radius 3 is 2.70 bits per heavy atom. The van der Waals surface area contributed by atoms with Crippen molar-refractivity contribution in [2.75, 3.05) is 13.7 Å². The predicted molar refractivity (Wildman–Crippen MR) is 125 cm³/mol. The molecule has 0 amide bonds. The molecule has 5 heteroatoms. The predicted octanol–water partition coefficient (Wildman–Crippen LogP) is 6.53. The topological polar surface area (TPSA) is 48.4 Å². The lowest BCUT2D eigenvalue weighted by Crippen LogP contribution is -2.20. The number of ether oxygens (including phenoxy) is 2. The molecule has 1 aromatic heterocycles. The number of fused-ring (bicyclic) bond motifs is 1. The molecule has 0 aliphatic heterocycles. The second kappa shape index (κ2) is 9.90. The maximum absolute atomic E-state index is 11.5. The number of hydrogen-bond acceptors (Lipinski definition) is 4. The number of pyridine rings is 1. The van der Waals surface area contributed by atoms with Crippen molar-refractivity contribution < 1.29 is 14.3 Å². The first kappa shape index (κ1) is 22.0. The summed E-state index contributed by atoms with van der Waals surface area (Å²) in [5, 5.41) is 1.11. The first-order valence-electron chi connectivity index (χ1n) is 9.89. The van der Waals surface area contributed by atoms with Gasteiger partial charge in [-0.05, 0) is 53.8 Å². The number of carbonyl (C=O) groups excluding carboxylic acids is 1. The van der Waals surface area contributed by atoms with E-state index >= 15 is 0 Å². The van der Waals surface area contributed by atoms with Gasteiger partial charge in [0.2, 0.25) is 0 Å². The Morgan fingerprint density at radius 1 is 1.10 bits per heavy atom. The highest BCUT2D eigenvalue weighted by Gasteiger charge is 2.22. The standard InChI is InChI=1S/C25H26BrNO3/c1-25(2,17-24(28)29-3)13-14-30-22-6-4-5-18(15-22)7-11-21-12-9-19-8-10-20(26)16-23(19)27-21/h4-12,15-16H,13-14,17H2,1-3H3. The van der Waals surface area contributed by atoms with E-state index in [-0.39, 0.29) is 11.4 Å². The summed E-state index contributed by atoms with van der Waals surface area (Å²) in [6, 6.07) is 18.1. The van der Waals surface area contributed by atoms with E-state index in [2.05, 4.69) is 22.0 Å². The Kier molecular flexibility index (Phi) is 7.27. The SMILES string of the molecule is COC(=O)CC(C)(C)CCOc1cccc(C=Cc2ccc3ccc(Br)cc3n2)c1. The number of nitrogens with zero attached hydrogens (tertiary/aromatic N) is 1. The van der Waals surface area contributed by atoms with Crippen LogP contribution in [-0.4, -0.2) is 24.7 Å². The smallest absolute Gasteiger partial charge is 0.306 e. The van der Waals surface area contributed by atoms with Crippen LogP contribution in [0.5, 0.6) is 5.75 Å². The molecule has 0 aliphatic rings. The number of aromatic nitrogens is 1. The molecule has 4 nitrogen and oxygen atoms in total. The van der Waals surface area contributed by atoms with Crippen LogP contribution in [0.15, 0.2) is 59.1 Å². The van der Waals surface area contributed by atoms with Crippen LogP contribution in [0.4, 0.5) is 0 Å². The summed E-state index contributed by atoms with van der Waals surface area (Å²) in [6.07, 6.45) is 5.17. The van der Waals surface area contributed by atoms with Crippen LogP contribution in [0, 0.1) is 5.41 Å². The first-order valence-corrected chi connectivity index (χ1v) is 10.7. The van der Waals surface area contributed by atoms with Crippen molar-refractivity contribution in [1.82, 2.24) is 4.98 Å². The monoisotopic (exact) mass is 467 g/mol. The van der Waals surface area contributed by atoms with Gasteiger partial charge in [0.05, 0.1) is 31.3 Å². The van der Waals surface area contributed by atoms with Crippen molar-refractivity contribution in [3.63, 3.8) is 0 Å². The van der Waals surface area contributed by atoms with E-state index in [1.54, 1.807) is 0 Å². The molecule has 0 aliphatic carbocycles. The maximum atomic E-state index is 11.5. The van der Waals surface area contributed by atoms with Crippen molar-refractivity contribution in [3.05, 3.63) is 70.3 Å². The van der Waals surface area contributed by atoms with Gasteiger partial charge in [-0.25, -0.2) is 4.98 Å². The number of halogens is 1. The average molecular weight is 468 g/mol. The number of carbonyl (C=O) groups is 1. The van der Waals surface area contributed by atoms with Crippen molar-refractivity contribution in [2.45, 2.75) is 26.7 Å². The highest BCUT2D eigenvalue weighted by atomic mass is 79.9. The molecule has 0 N–H and O–H groups in total. The fourth-order valence-electron chi connectivity index (χ4n) is 3.08. The molecule has 2 aromatic carbocycles. The van der Waals surface area contributed by atoms with Crippen LogP contribution in [-0.2, 0) is 9.53 Å².